The molecule has 0 spiro atoms. The molecular weight excluding hydrogens is 216 g/mol. The molecule has 5 heteroatoms. The second-order valence-electron chi connectivity index (χ2n) is 3.01. The molecule has 0 bridgehead atoms. The van der Waals surface area contributed by atoms with E-state index in [1.54, 1.807) is 23.8 Å². The minimum Gasteiger partial charge on any atom is -0.469 e. The van der Waals surface area contributed by atoms with Gasteiger partial charge in [0.2, 0.25) is 0 Å². The van der Waals surface area contributed by atoms with Crippen molar-refractivity contribution in [2.75, 3.05) is 7.11 Å². The molecule has 15 heavy (non-hydrogen) atoms. The molecule has 1 aromatic rings. The fourth-order valence-electron chi connectivity index (χ4n) is 0.991. The van der Waals surface area contributed by atoms with Crippen LogP contribution in [0, 0.1) is 0 Å². The fraction of sp³-hybridized carbons (Fsp3) is 0.400. The van der Waals surface area contributed by atoms with Crippen molar-refractivity contribution in [1.82, 2.24) is 0 Å². The van der Waals surface area contributed by atoms with Crippen LogP contribution in [0.5, 0.6) is 0 Å². The molecule has 1 heterocycles. The molecule has 0 fully saturated rings. The van der Waals surface area contributed by atoms with Crippen LogP contribution < -0.4 is 0 Å². The zero-order valence-corrected chi connectivity index (χ0v) is 9.37. The standard InChI is InChI=1S/C10H12O4S/c1-7(5-9(11)13-2)14-10(12)8-3-4-15-6-8/h3-4,6-7H,5H2,1-2H3/t7-/m1/s1. The largest absolute Gasteiger partial charge is 0.469 e. The van der Waals surface area contributed by atoms with Crippen LogP contribution >= 0.6 is 11.3 Å². The van der Waals surface area contributed by atoms with Gasteiger partial charge in [0.05, 0.1) is 19.1 Å². The van der Waals surface area contributed by atoms with E-state index in [2.05, 4.69) is 4.74 Å². The molecule has 4 nitrogen and oxygen atoms in total. The predicted octanol–water partition coefficient (Wildman–Crippen LogP) is 1.86. The van der Waals surface area contributed by atoms with Crippen LogP contribution in [0.2, 0.25) is 0 Å². The van der Waals surface area contributed by atoms with E-state index >= 15 is 0 Å². The maximum atomic E-state index is 11.4. The molecule has 0 aliphatic rings. The Morgan fingerprint density at radius 3 is 2.80 bits per heavy atom. The van der Waals surface area contributed by atoms with E-state index in [1.165, 1.54) is 18.4 Å². The Morgan fingerprint density at radius 1 is 1.53 bits per heavy atom. The number of hydrogen-bond acceptors (Lipinski definition) is 5. The van der Waals surface area contributed by atoms with E-state index in [1.807, 2.05) is 0 Å². The van der Waals surface area contributed by atoms with Crippen LogP contribution in [-0.2, 0) is 14.3 Å². The third-order valence-corrected chi connectivity index (χ3v) is 2.43. The molecule has 0 saturated carbocycles. The van der Waals surface area contributed by atoms with Crippen molar-refractivity contribution in [1.29, 1.82) is 0 Å². The van der Waals surface area contributed by atoms with Crippen molar-refractivity contribution < 1.29 is 19.1 Å². The van der Waals surface area contributed by atoms with Crippen molar-refractivity contribution in [2.24, 2.45) is 0 Å². The molecule has 0 N–H and O–H groups in total. The molecule has 0 amide bonds. The van der Waals surface area contributed by atoms with Crippen molar-refractivity contribution >= 4 is 23.3 Å². The summed E-state index contributed by atoms with van der Waals surface area (Å²) < 4.78 is 9.50. The van der Waals surface area contributed by atoms with E-state index in [0.717, 1.165) is 0 Å². The topological polar surface area (TPSA) is 52.6 Å². The minimum atomic E-state index is -0.468. The van der Waals surface area contributed by atoms with E-state index in [-0.39, 0.29) is 12.4 Å². The maximum Gasteiger partial charge on any atom is 0.339 e. The number of carbonyl (C=O) groups is 2. The lowest BCUT2D eigenvalue weighted by Gasteiger charge is -2.10. The first kappa shape index (κ1) is 11.7. The summed E-state index contributed by atoms with van der Waals surface area (Å²) in [5.41, 5.74) is 0.511. The molecule has 0 aliphatic carbocycles. The van der Waals surface area contributed by atoms with E-state index < -0.39 is 12.1 Å². The van der Waals surface area contributed by atoms with Crippen LogP contribution in [0.4, 0.5) is 0 Å². The molecule has 1 aromatic heterocycles. The van der Waals surface area contributed by atoms with Gasteiger partial charge in [-0.2, -0.15) is 11.3 Å². The first-order valence-corrected chi connectivity index (χ1v) is 5.37. The van der Waals surface area contributed by atoms with Gasteiger partial charge in [0.25, 0.3) is 0 Å². The number of hydrogen-bond donors (Lipinski definition) is 0. The molecular formula is C10H12O4S. The van der Waals surface area contributed by atoms with Gasteiger partial charge in [-0.25, -0.2) is 4.79 Å². The van der Waals surface area contributed by atoms with Crippen LogP contribution in [0.15, 0.2) is 16.8 Å². The van der Waals surface area contributed by atoms with Gasteiger partial charge < -0.3 is 9.47 Å². The number of ether oxygens (including phenoxy) is 2. The molecule has 0 saturated heterocycles. The first-order valence-electron chi connectivity index (χ1n) is 4.43. The van der Waals surface area contributed by atoms with Gasteiger partial charge in [0.15, 0.2) is 0 Å². The smallest absolute Gasteiger partial charge is 0.339 e. The Hall–Kier alpha value is -1.36. The Labute approximate surface area is 91.8 Å². The Kier molecular flexibility index (Phi) is 4.30. The number of carbonyl (C=O) groups excluding carboxylic acids is 2. The highest BCUT2D eigenvalue weighted by Gasteiger charge is 2.15. The molecule has 82 valence electrons. The third kappa shape index (κ3) is 3.71. The average Bonchev–Trinajstić information content (AvgIpc) is 2.70. The van der Waals surface area contributed by atoms with E-state index in [9.17, 15) is 9.59 Å². The molecule has 1 atom stereocenters. The number of esters is 2. The summed E-state index contributed by atoms with van der Waals surface area (Å²) >= 11 is 1.42. The second kappa shape index (κ2) is 5.50. The predicted molar refractivity (Wildman–Crippen MR) is 55.8 cm³/mol. The summed E-state index contributed by atoms with van der Waals surface area (Å²) in [5, 5.41) is 3.49. The lowest BCUT2D eigenvalue weighted by molar-refractivity contribution is -0.142. The highest BCUT2D eigenvalue weighted by Crippen LogP contribution is 2.10. The van der Waals surface area contributed by atoms with Gasteiger partial charge in [0.1, 0.15) is 6.10 Å². The minimum absolute atomic E-state index is 0.0758. The summed E-state index contributed by atoms with van der Waals surface area (Å²) in [5.74, 6) is -0.798. The number of thiophene rings is 1. The Morgan fingerprint density at radius 2 is 2.27 bits per heavy atom. The lowest BCUT2D eigenvalue weighted by atomic mass is 10.3. The van der Waals surface area contributed by atoms with Crippen molar-refractivity contribution in [3.05, 3.63) is 22.4 Å². The molecule has 0 unspecified atom stereocenters. The van der Waals surface area contributed by atoms with Crippen LogP contribution in [0.25, 0.3) is 0 Å². The Balaban J connectivity index is 2.42. The zero-order chi connectivity index (χ0) is 11.3. The molecule has 0 radical (unpaired) electrons. The number of methoxy groups -OCH3 is 1. The molecule has 1 rings (SSSR count). The monoisotopic (exact) mass is 228 g/mol. The van der Waals surface area contributed by atoms with Gasteiger partial charge in [-0.1, -0.05) is 0 Å². The quantitative estimate of drug-likeness (QED) is 0.738. The lowest BCUT2D eigenvalue weighted by Crippen LogP contribution is -2.19. The van der Waals surface area contributed by atoms with Gasteiger partial charge in [-0.15, -0.1) is 0 Å². The van der Waals surface area contributed by atoms with Crippen LogP contribution in [-0.4, -0.2) is 25.2 Å². The number of rotatable bonds is 4. The highest BCUT2D eigenvalue weighted by atomic mass is 32.1. The van der Waals surface area contributed by atoms with Gasteiger partial charge in [-0.05, 0) is 18.4 Å². The fourth-order valence-corrected chi connectivity index (χ4v) is 1.62. The van der Waals surface area contributed by atoms with E-state index in [4.69, 9.17) is 4.74 Å². The average molecular weight is 228 g/mol. The zero-order valence-electron chi connectivity index (χ0n) is 8.56. The van der Waals surface area contributed by atoms with E-state index in [0.29, 0.717) is 5.56 Å². The van der Waals surface area contributed by atoms with Crippen LogP contribution in [0.1, 0.15) is 23.7 Å². The van der Waals surface area contributed by atoms with Gasteiger partial charge in [0, 0.05) is 5.38 Å². The molecule has 0 aromatic carbocycles. The summed E-state index contributed by atoms with van der Waals surface area (Å²) in [7, 11) is 1.30. The summed E-state index contributed by atoms with van der Waals surface area (Å²) in [6.45, 7) is 1.65. The normalized spacial score (nSPS) is 11.9. The SMILES string of the molecule is COC(=O)C[C@@H](C)OC(=O)c1ccsc1. The van der Waals surface area contributed by atoms with Crippen molar-refractivity contribution in [2.45, 2.75) is 19.4 Å². The first-order chi connectivity index (χ1) is 7.13. The summed E-state index contributed by atoms with van der Waals surface area (Å²) in [6, 6.07) is 1.68. The highest BCUT2D eigenvalue weighted by molar-refractivity contribution is 7.08. The summed E-state index contributed by atoms with van der Waals surface area (Å²) in [6.07, 6.45) is -0.392. The molecule has 0 aliphatic heterocycles. The van der Waals surface area contributed by atoms with Gasteiger partial charge >= 0.3 is 11.9 Å². The summed E-state index contributed by atoms with van der Waals surface area (Å²) in [4.78, 5) is 22.3. The van der Waals surface area contributed by atoms with Crippen molar-refractivity contribution in [3.8, 4) is 0 Å². The maximum absolute atomic E-state index is 11.4. The second-order valence-corrected chi connectivity index (χ2v) is 3.79. The van der Waals surface area contributed by atoms with Crippen LogP contribution in [0.3, 0.4) is 0 Å². The third-order valence-electron chi connectivity index (χ3n) is 1.75. The van der Waals surface area contributed by atoms with Crippen molar-refractivity contribution in [3.63, 3.8) is 0 Å². The Bertz CT molecular complexity index is 331. The van der Waals surface area contributed by atoms with Gasteiger partial charge in [-0.3, -0.25) is 4.79 Å².